The van der Waals surface area contributed by atoms with E-state index in [-0.39, 0.29) is 30.7 Å². The molecule has 30 heavy (non-hydrogen) atoms. The van der Waals surface area contributed by atoms with Gasteiger partial charge in [-0.25, -0.2) is 0 Å². The zero-order valence-electron chi connectivity index (χ0n) is 16.8. The van der Waals surface area contributed by atoms with Crippen molar-refractivity contribution in [3.05, 3.63) is 54.0 Å². The van der Waals surface area contributed by atoms with E-state index in [2.05, 4.69) is 11.2 Å². The van der Waals surface area contributed by atoms with Crippen LogP contribution in [0.15, 0.2) is 42.7 Å². The molecule has 0 aliphatic carbocycles. The first kappa shape index (κ1) is 18.9. The van der Waals surface area contributed by atoms with Crippen molar-refractivity contribution in [2.75, 3.05) is 26.3 Å². The van der Waals surface area contributed by atoms with E-state index >= 15 is 0 Å². The first-order chi connectivity index (χ1) is 14.7. The highest BCUT2D eigenvalue weighted by Crippen LogP contribution is 2.27. The summed E-state index contributed by atoms with van der Waals surface area (Å²) in [5.41, 5.74) is 2.35. The zero-order valence-corrected chi connectivity index (χ0v) is 16.8. The van der Waals surface area contributed by atoms with E-state index < -0.39 is 0 Å². The maximum Gasteiger partial charge on any atom is 0.242 e. The Morgan fingerprint density at radius 2 is 1.93 bits per heavy atom. The van der Waals surface area contributed by atoms with Crippen LogP contribution in [-0.4, -0.2) is 63.7 Å². The van der Waals surface area contributed by atoms with E-state index in [0.29, 0.717) is 31.9 Å². The number of hydrogen-bond acceptors (Lipinski definition) is 5. The van der Waals surface area contributed by atoms with Crippen molar-refractivity contribution in [1.82, 2.24) is 19.2 Å². The molecule has 1 aromatic carbocycles. The zero-order chi connectivity index (χ0) is 20.7. The summed E-state index contributed by atoms with van der Waals surface area (Å²) in [5.74, 6) is 0.00671. The Hall–Kier alpha value is -3.15. The molecule has 2 atom stereocenters. The fraction of sp³-hybridized carbons (Fsp3) is 0.409. The van der Waals surface area contributed by atoms with Gasteiger partial charge in [-0.05, 0) is 19.1 Å². The van der Waals surface area contributed by atoms with Crippen molar-refractivity contribution < 1.29 is 14.3 Å². The number of carbonyl (C=O) groups excluding carboxylic acids is 1. The van der Waals surface area contributed by atoms with Gasteiger partial charge in [-0.15, -0.1) is 0 Å². The number of aromatic nitrogens is 3. The van der Waals surface area contributed by atoms with Crippen molar-refractivity contribution in [3.8, 4) is 6.07 Å². The van der Waals surface area contributed by atoms with Gasteiger partial charge in [-0.2, -0.15) is 10.4 Å². The fourth-order valence-electron chi connectivity index (χ4n) is 4.45. The molecule has 2 aliphatic heterocycles. The lowest BCUT2D eigenvalue weighted by atomic mass is 10.1. The number of amides is 1. The minimum atomic E-state index is -0.133. The Labute approximate surface area is 174 Å². The van der Waals surface area contributed by atoms with Gasteiger partial charge < -0.3 is 18.9 Å². The minimum absolute atomic E-state index is 0.00671. The van der Waals surface area contributed by atoms with Crippen LogP contribution in [0.2, 0.25) is 0 Å². The largest absolute Gasteiger partial charge is 0.371 e. The smallest absolute Gasteiger partial charge is 0.242 e. The molecule has 2 aromatic heterocycles. The van der Waals surface area contributed by atoms with Crippen molar-refractivity contribution in [3.63, 3.8) is 0 Å². The summed E-state index contributed by atoms with van der Waals surface area (Å²) in [7, 11) is 0. The molecule has 0 radical (unpaired) electrons. The Bertz CT molecular complexity index is 1100. The Balaban J connectivity index is 1.29. The molecule has 3 aromatic rings. The van der Waals surface area contributed by atoms with Gasteiger partial charge in [0.1, 0.15) is 24.8 Å². The summed E-state index contributed by atoms with van der Waals surface area (Å²) < 4.78 is 15.9. The second kappa shape index (κ2) is 7.59. The quantitative estimate of drug-likeness (QED) is 0.664. The molecule has 8 nitrogen and oxygen atoms in total. The molecule has 1 amide bonds. The minimum Gasteiger partial charge on any atom is -0.371 e. The van der Waals surface area contributed by atoms with Gasteiger partial charge in [0.2, 0.25) is 5.91 Å². The molecule has 0 saturated carbocycles. The second-order valence-corrected chi connectivity index (χ2v) is 7.86. The van der Waals surface area contributed by atoms with Crippen LogP contribution >= 0.6 is 0 Å². The highest BCUT2D eigenvalue weighted by atomic mass is 16.6. The van der Waals surface area contributed by atoms with Crippen LogP contribution < -0.4 is 0 Å². The number of ether oxygens (including phenoxy) is 2. The van der Waals surface area contributed by atoms with Gasteiger partial charge in [0.15, 0.2) is 0 Å². The first-order valence-corrected chi connectivity index (χ1v) is 10.1. The highest BCUT2D eigenvalue weighted by molar-refractivity contribution is 5.89. The van der Waals surface area contributed by atoms with Crippen LogP contribution in [0.1, 0.15) is 17.3 Å². The number of likely N-dealkylation sites (tertiary alicyclic amines) is 1. The second-order valence-electron chi connectivity index (χ2n) is 7.86. The van der Waals surface area contributed by atoms with Gasteiger partial charge in [0, 0.05) is 36.6 Å². The number of benzene rings is 1. The van der Waals surface area contributed by atoms with Crippen LogP contribution in [0.25, 0.3) is 10.9 Å². The van der Waals surface area contributed by atoms with Gasteiger partial charge >= 0.3 is 0 Å². The summed E-state index contributed by atoms with van der Waals surface area (Å²) in [5, 5.41) is 14.7. The summed E-state index contributed by atoms with van der Waals surface area (Å²) in [4.78, 5) is 14.9. The summed E-state index contributed by atoms with van der Waals surface area (Å²) in [6, 6.07) is 11.9. The SMILES string of the molecule is Cc1c(C#N)c2ccccc2n1CC(=O)N1C[C@@H]2OCC(n3cccn3)CO[C@H]2C1. The van der Waals surface area contributed by atoms with E-state index in [1.54, 1.807) is 6.20 Å². The van der Waals surface area contributed by atoms with Gasteiger partial charge in [-0.1, -0.05) is 18.2 Å². The third kappa shape index (κ3) is 3.16. The van der Waals surface area contributed by atoms with Crippen molar-refractivity contribution in [2.45, 2.75) is 31.7 Å². The van der Waals surface area contributed by atoms with Gasteiger partial charge in [0.25, 0.3) is 0 Å². The normalized spacial score (nSPS) is 22.1. The number of rotatable bonds is 3. The monoisotopic (exact) mass is 405 g/mol. The lowest BCUT2D eigenvalue weighted by Crippen LogP contribution is -2.34. The van der Waals surface area contributed by atoms with Crippen molar-refractivity contribution in [2.24, 2.45) is 0 Å². The van der Waals surface area contributed by atoms with Gasteiger partial charge in [0.05, 0.1) is 30.3 Å². The van der Waals surface area contributed by atoms with E-state index in [9.17, 15) is 10.1 Å². The summed E-state index contributed by atoms with van der Waals surface area (Å²) in [6.45, 7) is 4.14. The van der Waals surface area contributed by atoms with Crippen LogP contribution in [0.4, 0.5) is 0 Å². The predicted octanol–water partition coefficient (Wildman–Crippen LogP) is 1.89. The Morgan fingerprint density at radius 1 is 1.20 bits per heavy atom. The molecule has 4 heterocycles. The molecular weight excluding hydrogens is 382 g/mol. The molecule has 5 rings (SSSR count). The molecule has 8 heteroatoms. The molecular formula is C22H23N5O3. The molecule has 0 bridgehead atoms. The number of hydrogen-bond donors (Lipinski definition) is 0. The molecule has 154 valence electrons. The Kier molecular flexibility index (Phi) is 4.77. The van der Waals surface area contributed by atoms with E-state index in [4.69, 9.17) is 9.47 Å². The third-order valence-electron chi connectivity index (χ3n) is 6.11. The van der Waals surface area contributed by atoms with Gasteiger partial charge in [-0.3, -0.25) is 9.48 Å². The maximum atomic E-state index is 13.1. The Morgan fingerprint density at radius 3 is 2.60 bits per heavy atom. The summed E-state index contributed by atoms with van der Waals surface area (Å²) >= 11 is 0. The molecule has 2 saturated heterocycles. The number of nitrogens with zero attached hydrogens (tertiary/aromatic N) is 5. The topological polar surface area (TPSA) is 85.3 Å². The standard InChI is InChI=1S/C22H23N5O3/c1-15-18(9-23)17-5-2-3-6-19(17)26(15)12-22(28)25-10-20-21(11-25)30-14-16(13-29-20)27-8-4-7-24-27/h2-8,16,20-21H,10-14H2,1H3/t20-,21-/m0/s1. The first-order valence-electron chi connectivity index (χ1n) is 10.1. The highest BCUT2D eigenvalue weighted by Gasteiger charge is 2.39. The van der Waals surface area contributed by atoms with E-state index in [1.165, 1.54) is 0 Å². The van der Waals surface area contributed by atoms with Crippen molar-refractivity contribution in [1.29, 1.82) is 5.26 Å². The molecule has 0 unspecified atom stereocenters. The lowest BCUT2D eigenvalue weighted by Gasteiger charge is -2.20. The average Bonchev–Trinajstić information content (AvgIpc) is 3.46. The molecule has 2 aliphatic rings. The van der Waals surface area contributed by atoms with E-state index in [0.717, 1.165) is 16.6 Å². The van der Waals surface area contributed by atoms with Crippen LogP contribution in [0.5, 0.6) is 0 Å². The molecule has 0 N–H and O–H groups in total. The van der Waals surface area contributed by atoms with Crippen LogP contribution in [0.3, 0.4) is 0 Å². The number of nitriles is 1. The number of para-hydroxylation sites is 1. The molecule has 2 fully saturated rings. The maximum absolute atomic E-state index is 13.1. The van der Waals surface area contributed by atoms with Crippen LogP contribution in [0, 0.1) is 18.3 Å². The molecule has 0 spiro atoms. The number of fused-ring (bicyclic) bond motifs is 2. The fourth-order valence-corrected chi connectivity index (χ4v) is 4.45. The number of carbonyl (C=O) groups is 1. The third-order valence-corrected chi connectivity index (χ3v) is 6.11. The predicted molar refractivity (Wildman–Crippen MR) is 109 cm³/mol. The average molecular weight is 405 g/mol. The van der Waals surface area contributed by atoms with Crippen LogP contribution in [-0.2, 0) is 20.8 Å². The van der Waals surface area contributed by atoms with Crippen molar-refractivity contribution >= 4 is 16.8 Å². The lowest BCUT2D eigenvalue weighted by molar-refractivity contribution is -0.131. The van der Waals surface area contributed by atoms with E-state index in [1.807, 2.05) is 57.6 Å². The summed E-state index contributed by atoms with van der Waals surface area (Å²) in [6.07, 6.45) is 3.39.